The van der Waals surface area contributed by atoms with E-state index in [-0.39, 0.29) is 24.4 Å². The lowest BCUT2D eigenvalue weighted by atomic mass is 9.91. The van der Waals surface area contributed by atoms with Crippen molar-refractivity contribution in [2.45, 2.75) is 47.1 Å². The molecule has 9 heteroatoms. The number of hydrogen-bond acceptors (Lipinski definition) is 6. The van der Waals surface area contributed by atoms with E-state index >= 15 is 0 Å². The topological polar surface area (TPSA) is 132 Å². The number of aryl methyl sites for hydroxylation is 1. The zero-order chi connectivity index (χ0) is 30.6. The monoisotopic (exact) mass is 561 g/mol. The molecule has 0 aromatic heterocycles. The average molecular weight is 562 g/mol. The maximum Gasteiger partial charge on any atom is 0.339 e. The maximum absolute atomic E-state index is 12.6. The quantitative estimate of drug-likeness (QED) is 0.218. The first-order chi connectivity index (χ1) is 19.3. The largest absolute Gasteiger partial charge is 0.481 e. The van der Waals surface area contributed by atoms with Gasteiger partial charge in [-0.15, -0.1) is 0 Å². The van der Waals surface area contributed by atoms with E-state index in [4.69, 9.17) is 9.47 Å². The van der Waals surface area contributed by atoms with Crippen LogP contribution in [0.5, 0.6) is 0 Å². The second-order valence-electron chi connectivity index (χ2n) is 10.2. The van der Waals surface area contributed by atoms with Crippen LogP contribution in [0.3, 0.4) is 0 Å². The fraction of sp³-hybridized carbons (Fsp3) is 0.312. The fourth-order valence-electron chi connectivity index (χ4n) is 5.14. The predicted molar refractivity (Wildman–Crippen MR) is 154 cm³/mol. The van der Waals surface area contributed by atoms with Crippen LogP contribution in [0, 0.1) is 12.8 Å². The maximum atomic E-state index is 12.6. The summed E-state index contributed by atoms with van der Waals surface area (Å²) in [6, 6.07) is 1.92. The molecular weight excluding hydrogens is 526 g/mol. The molecular formula is C32H35NO8. The number of nitrogens with zero attached hydrogens (tertiary/aromatic N) is 1. The van der Waals surface area contributed by atoms with Crippen molar-refractivity contribution in [3.63, 3.8) is 0 Å². The van der Waals surface area contributed by atoms with E-state index in [2.05, 4.69) is 6.58 Å². The minimum atomic E-state index is -1.06. The molecule has 0 bridgehead atoms. The number of hydrogen-bond donors (Lipinski definition) is 2. The number of carbonyl (C=O) groups excluding carboxylic acids is 2. The summed E-state index contributed by atoms with van der Waals surface area (Å²) in [6.45, 7) is 11.0. The molecule has 3 rings (SSSR count). The van der Waals surface area contributed by atoms with Gasteiger partial charge in [-0.05, 0) is 72.6 Å². The lowest BCUT2D eigenvalue weighted by molar-refractivity contribution is -0.138. The molecule has 0 radical (unpaired) electrons. The summed E-state index contributed by atoms with van der Waals surface area (Å²) >= 11 is 0. The molecule has 2 N–H and O–H groups in total. The van der Waals surface area contributed by atoms with Gasteiger partial charge in [0, 0.05) is 29.1 Å². The number of carbonyl (C=O) groups is 4. The van der Waals surface area contributed by atoms with Crippen LogP contribution in [0.4, 0.5) is 0 Å². The van der Waals surface area contributed by atoms with Gasteiger partial charge in [0.25, 0.3) is 0 Å². The van der Waals surface area contributed by atoms with Crippen LogP contribution in [0.1, 0.15) is 55.1 Å². The van der Waals surface area contributed by atoms with Crippen molar-refractivity contribution in [1.82, 2.24) is 4.57 Å². The number of rotatable bonds is 10. The van der Waals surface area contributed by atoms with Crippen molar-refractivity contribution >= 4 is 30.0 Å². The van der Waals surface area contributed by atoms with E-state index < -0.39 is 23.9 Å². The highest BCUT2D eigenvalue weighted by Crippen LogP contribution is 2.42. The van der Waals surface area contributed by atoms with Crippen molar-refractivity contribution in [3.8, 4) is 11.1 Å². The number of aliphatic carboxylic acids is 2. The molecule has 3 aliphatic rings. The van der Waals surface area contributed by atoms with E-state index in [0.29, 0.717) is 28.7 Å². The van der Waals surface area contributed by atoms with E-state index in [1.165, 1.54) is 25.0 Å². The molecule has 216 valence electrons. The molecule has 0 aromatic carbocycles. The number of carboxylic acids is 2. The number of aromatic nitrogens is 1. The van der Waals surface area contributed by atoms with Gasteiger partial charge < -0.3 is 24.3 Å². The molecule has 1 aliphatic heterocycles. The average Bonchev–Trinajstić information content (AvgIpc) is 3.39. The first-order valence-electron chi connectivity index (χ1n) is 13.0. The molecule has 0 spiro atoms. The van der Waals surface area contributed by atoms with Crippen LogP contribution in [-0.4, -0.2) is 52.9 Å². The number of esters is 2. The van der Waals surface area contributed by atoms with Crippen LogP contribution in [0.25, 0.3) is 17.2 Å². The van der Waals surface area contributed by atoms with Gasteiger partial charge in [-0.25, -0.2) is 9.59 Å². The lowest BCUT2D eigenvalue weighted by Gasteiger charge is -2.15. The Hall–Kier alpha value is -4.66. The summed E-state index contributed by atoms with van der Waals surface area (Å²) in [6.07, 6.45) is 9.33. The second kappa shape index (κ2) is 12.7. The van der Waals surface area contributed by atoms with Crippen molar-refractivity contribution < 1.29 is 38.9 Å². The number of carboxylic acid groups (broad SMARTS) is 2. The summed E-state index contributed by atoms with van der Waals surface area (Å²) in [5, 5.41) is 18.6. The summed E-state index contributed by atoms with van der Waals surface area (Å²) < 4.78 is 11.4. The normalized spacial score (nSPS) is 17.0. The van der Waals surface area contributed by atoms with Crippen molar-refractivity contribution in [2.75, 3.05) is 14.2 Å². The van der Waals surface area contributed by atoms with E-state index in [1.807, 2.05) is 45.1 Å². The van der Waals surface area contributed by atoms with Crippen LogP contribution >= 0.6 is 0 Å². The minimum Gasteiger partial charge on any atom is -0.481 e. The minimum absolute atomic E-state index is 0.0382. The third kappa shape index (κ3) is 6.74. The van der Waals surface area contributed by atoms with Gasteiger partial charge in [0.15, 0.2) is 0 Å². The Kier molecular flexibility index (Phi) is 9.55. The number of fused-ring (bicyclic) bond motifs is 1. The number of methoxy groups -OCH3 is 2. The summed E-state index contributed by atoms with van der Waals surface area (Å²) in [4.78, 5) is 47.8. The van der Waals surface area contributed by atoms with Gasteiger partial charge in [0.05, 0.1) is 26.2 Å². The van der Waals surface area contributed by atoms with Crippen molar-refractivity contribution in [3.05, 3.63) is 87.3 Å². The van der Waals surface area contributed by atoms with Crippen LogP contribution < -0.4 is 0 Å². The van der Waals surface area contributed by atoms with E-state index in [1.54, 1.807) is 13.1 Å². The van der Waals surface area contributed by atoms with Gasteiger partial charge in [-0.3, -0.25) is 9.59 Å². The van der Waals surface area contributed by atoms with Gasteiger partial charge in [-0.1, -0.05) is 37.3 Å². The first kappa shape index (κ1) is 30.9. The molecule has 0 fully saturated rings. The predicted octanol–water partition coefficient (Wildman–Crippen LogP) is 5.59. The van der Waals surface area contributed by atoms with Crippen LogP contribution in [0.15, 0.2) is 70.6 Å². The molecule has 0 saturated heterocycles. The highest BCUT2D eigenvalue weighted by atomic mass is 16.5. The molecule has 0 saturated carbocycles. The first-order valence-corrected chi connectivity index (χ1v) is 13.0. The highest BCUT2D eigenvalue weighted by Gasteiger charge is 2.27. The molecule has 9 nitrogen and oxygen atoms in total. The standard InChI is InChI=1S/C32H35NO8/c1-17(18(2)12-27(34)35)8-9-24-22(10-19(3)29(24)21(5)31(38)40-6)13-23-11-20(4)30-25(23)14-33(16-28(36)37)15-26(30)32(39)41-7/h9-11,13-15,18H,1,8,12,16H2,2-7H3,(H,34,35)(H,36,37). The number of allylic oxidation sites excluding steroid dienone is 7. The Bertz CT molecular complexity index is 1530. The zero-order valence-electron chi connectivity index (χ0n) is 24.2. The molecule has 0 amide bonds. The molecule has 2 aliphatic carbocycles. The van der Waals surface area contributed by atoms with E-state index in [0.717, 1.165) is 33.4 Å². The zero-order valence-corrected chi connectivity index (χ0v) is 24.2. The molecule has 0 aromatic rings. The SMILES string of the molecule is C=C(CC=C1C(=Cc2cc(C)c3c(C(=O)OC)cn(CC(=O)O)cc2-3)C=C(C)C1=C(C)C(=O)OC)C(C)CC(=O)O. The fourth-order valence-corrected chi connectivity index (χ4v) is 5.14. The Balaban J connectivity index is 2.21. The number of ether oxygens (including phenoxy) is 2. The Morgan fingerprint density at radius 3 is 2.34 bits per heavy atom. The van der Waals surface area contributed by atoms with Gasteiger partial charge >= 0.3 is 23.9 Å². The summed E-state index contributed by atoms with van der Waals surface area (Å²) in [7, 11) is 2.59. The van der Waals surface area contributed by atoms with E-state index in [9.17, 15) is 29.4 Å². The third-order valence-corrected chi connectivity index (χ3v) is 7.20. The molecule has 1 heterocycles. The van der Waals surface area contributed by atoms with Gasteiger partial charge in [0.2, 0.25) is 0 Å². The third-order valence-electron chi connectivity index (χ3n) is 7.20. The second-order valence-corrected chi connectivity index (χ2v) is 10.2. The van der Waals surface area contributed by atoms with Gasteiger partial charge in [-0.2, -0.15) is 0 Å². The smallest absolute Gasteiger partial charge is 0.339 e. The summed E-state index contributed by atoms with van der Waals surface area (Å²) in [5.74, 6) is -3.25. The Morgan fingerprint density at radius 2 is 1.76 bits per heavy atom. The van der Waals surface area contributed by atoms with Crippen LogP contribution in [-0.2, 0) is 30.4 Å². The van der Waals surface area contributed by atoms with Crippen molar-refractivity contribution in [2.24, 2.45) is 5.92 Å². The molecule has 1 atom stereocenters. The molecule has 1 unspecified atom stereocenters. The Morgan fingerprint density at radius 1 is 1.07 bits per heavy atom. The molecule has 41 heavy (non-hydrogen) atoms. The summed E-state index contributed by atoms with van der Waals surface area (Å²) in [5.41, 5.74) is 7.44. The lowest BCUT2D eigenvalue weighted by Crippen LogP contribution is -2.13. The van der Waals surface area contributed by atoms with Crippen molar-refractivity contribution in [1.29, 1.82) is 0 Å². The van der Waals surface area contributed by atoms with Gasteiger partial charge in [0.1, 0.15) is 6.54 Å². The van der Waals surface area contributed by atoms with Crippen LogP contribution in [0.2, 0.25) is 0 Å². The Labute approximate surface area is 239 Å². The number of pyridine rings is 1. The highest BCUT2D eigenvalue weighted by molar-refractivity contribution is 6.01.